The summed E-state index contributed by atoms with van der Waals surface area (Å²) in [6, 6.07) is 7.50. The van der Waals surface area contributed by atoms with Gasteiger partial charge in [0.1, 0.15) is 0 Å². The Kier molecular flexibility index (Phi) is 4.39. The third kappa shape index (κ3) is 2.60. The molecule has 5 heteroatoms. The lowest BCUT2D eigenvalue weighted by Crippen LogP contribution is -2.04. The van der Waals surface area contributed by atoms with Crippen LogP contribution in [0.3, 0.4) is 0 Å². The van der Waals surface area contributed by atoms with Gasteiger partial charge in [0.15, 0.2) is 5.78 Å². The van der Waals surface area contributed by atoms with E-state index in [1.165, 1.54) is 0 Å². The number of carbonyl (C=O) groups is 1. The van der Waals surface area contributed by atoms with E-state index < -0.39 is 0 Å². The van der Waals surface area contributed by atoms with Gasteiger partial charge in [-0.05, 0) is 48.0 Å². The predicted molar refractivity (Wildman–Crippen MR) is 83.0 cm³/mol. The fraction of sp³-hybridized carbons (Fsp3) is 0.214. The van der Waals surface area contributed by atoms with E-state index >= 15 is 0 Å². The number of halogens is 3. The van der Waals surface area contributed by atoms with Gasteiger partial charge in [0, 0.05) is 17.0 Å². The molecular weight excluding hydrogens is 349 g/mol. The summed E-state index contributed by atoms with van der Waals surface area (Å²) in [7, 11) is 0. The summed E-state index contributed by atoms with van der Waals surface area (Å²) >= 11 is 15.2. The van der Waals surface area contributed by atoms with Gasteiger partial charge in [0.2, 0.25) is 0 Å². The number of ketones is 1. The van der Waals surface area contributed by atoms with Gasteiger partial charge in [-0.15, -0.1) is 11.6 Å². The third-order valence-electron chi connectivity index (χ3n) is 3.03. The molecule has 1 aromatic heterocycles. The molecule has 0 amide bonds. The van der Waals surface area contributed by atoms with Gasteiger partial charge < -0.3 is 4.57 Å². The molecule has 0 aliphatic heterocycles. The minimum absolute atomic E-state index is 0.0129. The van der Waals surface area contributed by atoms with Crippen molar-refractivity contribution in [3.63, 3.8) is 0 Å². The molecule has 0 saturated carbocycles. The van der Waals surface area contributed by atoms with Crippen LogP contribution in [0, 0.1) is 13.8 Å². The number of aryl methyl sites for hydroxylation is 1. The van der Waals surface area contributed by atoms with E-state index in [-0.39, 0.29) is 11.7 Å². The Morgan fingerprint density at radius 3 is 2.68 bits per heavy atom. The Balaban J connectivity index is 2.67. The second-order valence-electron chi connectivity index (χ2n) is 4.25. The van der Waals surface area contributed by atoms with Crippen molar-refractivity contribution in [2.75, 3.05) is 5.88 Å². The summed E-state index contributed by atoms with van der Waals surface area (Å²) in [5.74, 6) is -0.0831. The minimum Gasteiger partial charge on any atom is -0.317 e. The minimum atomic E-state index is -0.0702. The maximum atomic E-state index is 11.8. The highest BCUT2D eigenvalue weighted by Crippen LogP contribution is 2.32. The maximum absolute atomic E-state index is 11.8. The molecule has 0 bridgehead atoms. The van der Waals surface area contributed by atoms with Crippen LogP contribution in [-0.2, 0) is 0 Å². The summed E-state index contributed by atoms with van der Waals surface area (Å²) < 4.78 is 2.80. The zero-order valence-electron chi connectivity index (χ0n) is 10.5. The standard InChI is InChI=1S/C14H12BrCl2NO/c1-8-6-10(13(19)7-16)9(2)18(8)12-5-3-4-11(17)14(12)15/h3-6H,7H2,1-2H3. The van der Waals surface area contributed by atoms with Crippen LogP contribution in [0.4, 0.5) is 0 Å². The van der Waals surface area contributed by atoms with Gasteiger partial charge in [-0.3, -0.25) is 4.79 Å². The summed E-state index contributed by atoms with van der Waals surface area (Å²) in [5, 5.41) is 0.634. The molecule has 1 heterocycles. The second kappa shape index (κ2) is 5.70. The Hall–Kier alpha value is -0.770. The molecule has 0 saturated heterocycles. The molecule has 2 nitrogen and oxygen atoms in total. The normalized spacial score (nSPS) is 10.8. The van der Waals surface area contributed by atoms with Crippen LogP contribution in [0.15, 0.2) is 28.7 Å². The van der Waals surface area contributed by atoms with Gasteiger partial charge in [0.05, 0.1) is 21.1 Å². The number of hydrogen-bond donors (Lipinski definition) is 0. The first-order valence-corrected chi connectivity index (χ1v) is 7.40. The van der Waals surface area contributed by atoms with E-state index in [1.54, 1.807) is 0 Å². The Morgan fingerprint density at radius 2 is 2.05 bits per heavy atom. The molecule has 1 aromatic carbocycles. The van der Waals surface area contributed by atoms with E-state index in [4.69, 9.17) is 23.2 Å². The monoisotopic (exact) mass is 359 g/mol. The molecule has 2 rings (SSSR count). The summed E-state index contributed by atoms with van der Waals surface area (Å²) in [6.07, 6.45) is 0. The number of hydrogen-bond acceptors (Lipinski definition) is 1. The molecule has 0 aliphatic rings. The van der Waals surface area contributed by atoms with Crippen molar-refractivity contribution in [1.29, 1.82) is 0 Å². The number of Topliss-reactive ketones (excluding diaryl/α,β-unsaturated/α-hetero) is 1. The Morgan fingerprint density at radius 1 is 1.37 bits per heavy atom. The summed E-state index contributed by atoms with van der Waals surface area (Å²) in [5.41, 5.74) is 3.40. The lowest BCUT2D eigenvalue weighted by Gasteiger charge is -2.12. The van der Waals surface area contributed by atoms with Crippen LogP contribution in [0.2, 0.25) is 5.02 Å². The molecule has 2 aromatic rings. The van der Waals surface area contributed by atoms with E-state index in [2.05, 4.69) is 15.9 Å². The Labute approximate surface area is 130 Å². The molecule has 0 aliphatic carbocycles. The first-order chi connectivity index (χ1) is 8.97. The number of nitrogens with zero attached hydrogens (tertiary/aromatic N) is 1. The van der Waals surface area contributed by atoms with E-state index in [0.717, 1.165) is 21.5 Å². The average molecular weight is 361 g/mol. The van der Waals surface area contributed by atoms with Crippen molar-refractivity contribution in [1.82, 2.24) is 4.57 Å². The highest BCUT2D eigenvalue weighted by Gasteiger charge is 2.17. The van der Waals surface area contributed by atoms with Crippen LogP contribution in [-0.4, -0.2) is 16.2 Å². The third-order valence-corrected chi connectivity index (χ3v) is 4.64. The number of benzene rings is 1. The van der Waals surface area contributed by atoms with Crippen molar-refractivity contribution < 1.29 is 4.79 Å². The molecule has 19 heavy (non-hydrogen) atoms. The molecule has 100 valence electrons. The van der Waals surface area contributed by atoms with E-state index in [9.17, 15) is 4.79 Å². The lowest BCUT2D eigenvalue weighted by molar-refractivity contribution is 0.102. The topological polar surface area (TPSA) is 22.0 Å². The summed E-state index contributed by atoms with van der Waals surface area (Å²) in [6.45, 7) is 3.85. The largest absolute Gasteiger partial charge is 0.317 e. The number of rotatable bonds is 3. The summed E-state index contributed by atoms with van der Waals surface area (Å²) in [4.78, 5) is 11.8. The first kappa shape index (κ1) is 14.6. The molecular formula is C14H12BrCl2NO. The van der Waals surface area contributed by atoms with E-state index in [0.29, 0.717) is 10.6 Å². The molecule has 0 N–H and O–H groups in total. The fourth-order valence-electron chi connectivity index (χ4n) is 2.15. The molecule has 0 unspecified atom stereocenters. The molecule has 0 spiro atoms. The highest BCUT2D eigenvalue weighted by molar-refractivity contribution is 9.10. The van der Waals surface area contributed by atoms with Crippen molar-refractivity contribution in [2.24, 2.45) is 0 Å². The number of carbonyl (C=O) groups excluding carboxylic acids is 1. The van der Waals surface area contributed by atoms with Crippen molar-refractivity contribution >= 4 is 44.9 Å². The predicted octanol–water partition coefficient (Wildman–Crippen LogP) is 4.93. The van der Waals surface area contributed by atoms with Crippen molar-refractivity contribution in [3.8, 4) is 5.69 Å². The smallest absolute Gasteiger partial charge is 0.179 e. The number of alkyl halides is 1. The van der Waals surface area contributed by atoms with Gasteiger partial charge in [-0.25, -0.2) is 0 Å². The van der Waals surface area contributed by atoms with Gasteiger partial charge in [-0.1, -0.05) is 17.7 Å². The number of aromatic nitrogens is 1. The van der Waals surface area contributed by atoms with E-state index in [1.807, 2.05) is 42.7 Å². The zero-order valence-corrected chi connectivity index (χ0v) is 13.6. The molecule has 0 radical (unpaired) electrons. The van der Waals surface area contributed by atoms with Crippen LogP contribution < -0.4 is 0 Å². The zero-order chi connectivity index (χ0) is 14.2. The lowest BCUT2D eigenvalue weighted by atomic mass is 10.2. The molecule has 0 atom stereocenters. The van der Waals surface area contributed by atoms with Gasteiger partial charge >= 0.3 is 0 Å². The Bertz CT molecular complexity index is 649. The second-order valence-corrected chi connectivity index (χ2v) is 5.72. The highest BCUT2D eigenvalue weighted by atomic mass is 79.9. The van der Waals surface area contributed by atoms with Crippen LogP contribution in [0.5, 0.6) is 0 Å². The van der Waals surface area contributed by atoms with Gasteiger partial charge in [-0.2, -0.15) is 0 Å². The quantitative estimate of drug-likeness (QED) is 0.561. The molecule has 0 fully saturated rings. The van der Waals surface area contributed by atoms with Crippen molar-refractivity contribution in [3.05, 3.63) is 50.7 Å². The average Bonchev–Trinajstić information content (AvgIpc) is 2.68. The van der Waals surface area contributed by atoms with Crippen LogP contribution >= 0.6 is 39.1 Å². The van der Waals surface area contributed by atoms with Crippen molar-refractivity contribution in [2.45, 2.75) is 13.8 Å². The maximum Gasteiger partial charge on any atom is 0.179 e. The first-order valence-electron chi connectivity index (χ1n) is 5.70. The van der Waals surface area contributed by atoms with Crippen LogP contribution in [0.25, 0.3) is 5.69 Å². The SMILES string of the molecule is Cc1cc(C(=O)CCl)c(C)n1-c1cccc(Cl)c1Br. The van der Waals surface area contributed by atoms with Crippen LogP contribution in [0.1, 0.15) is 21.7 Å². The fourth-order valence-corrected chi connectivity index (χ4v) is 2.91. The van der Waals surface area contributed by atoms with Gasteiger partial charge in [0.25, 0.3) is 0 Å².